The number of fused-ring (bicyclic) bond motifs is 1. The van der Waals surface area contributed by atoms with Gasteiger partial charge in [0.05, 0.1) is 18.1 Å². The summed E-state index contributed by atoms with van der Waals surface area (Å²) in [6.45, 7) is 4.31. The molecule has 1 atom stereocenters. The molecule has 1 aliphatic heterocycles. The molecule has 0 fully saturated rings. The van der Waals surface area contributed by atoms with Crippen molar-refractivity contribution in [3.63, 3.8) is 0 Å². The third-order valence-corrected chi connectivity index (χ3v) is 2.59. The summed E-state index contributed by atoms with van der Waals surface area (Å²) in [5.74, 6) is 0. The topological polar surface area (TPSA) is 28.2 Å². The smallest absolute Gasteiger partial charge is 0.0989 e. The molecular formula is C12H17N3. The van der Waals surface area contributed by atoms with Gasteiger partial charge in [-0.05, 0) is 26.0 Å². The molecule has 1 unspecified atom stereocenters. The summed E-state index contributed by atoms with van der Waals surface area (Å²) in [5.41, 5.74) is 2.41. The molecule has 0 aromatic carbocycles. The highest BCUT2D eigenvalue weighted by Gasteiger charge is 2.18. The van der Waals surface area contributed by atoms with Gasteiger partial charge in [-0.25, -0.2) is 0 Å². The van der Waals surface area contributed by atoms with Crippen LogP contribution in [0.4, 0.5) is 5.69 Å². The molecule has 0 spiro atoms. The summed E-state index contributed by atoms with van der Waals surface area (Å²) in [6, 6.07) is 2.51. The third-order valence-electron chi connectivity index (χ3n) is 2.59. The number of hydrogen-bond acceptors (Lipinski definition) is 3. The van der Waals surface area contributed by atoms with Gasteiger partial charge in [-0.15, -0.1) is 0 Å². The highest BCUT2D eigenvalue weighted by Crippen LogP contribution is 2.25. The van der Waals surface area contributed by atoms with Crippen LogP contribution in [0.3, 0.4) is 0 Å². The maximum absolute atomic E-state index is 4.16. The Labute approximate surface area is 90.8 Å². The van der Waals surface area contributed by atoms with E-state index >= 15 is 0 Å². The number of nitrogens with zero attached hydrogens (tertiary/aromatic N) is 2. The number of aromatic nitrogens is 1. The Balaban J connectivity index is 2.25. The van der Waals surface area contributed by atoms with Gasteiger partial charge in [0, 0.05) is 24.8 Å². The SMILES string of the molecule is CC(C)NC1C=Cc2ccncc2N1C. The van der Waals surface area contributed by atoms with Gasteiger partial charge in [-0.1, -0.05) is 6.08 Å². The van der Waals surface area contributed by atoms with Crippen molar-refractivity contribution in [2.24, 2.45) is 0 Å². The van der Waals surface area contributed by atoms with Crippen molar-refractivity contribution in [1.82, 2.24) is 10.3 Å². The molecule has 1 aromatic heterocycles. The Morgan fingerprint density at radius 3 is 3.00 bits per heavy atom. The first-order valence-electron chi connectivity index (χ1n) is 5.29. The van der Waals surface area contributed by atoms with Crippen LogP contribution >= 0.6 is 0 Å². The predicted molar refractivity (Wildman–Crippen MR) is 63.7 cm³/mol. The van der Waals surface area contributed by atoms with Crippen molar-refractivity contribution < 1.29 is 0 Å². The fourth-order valence-electron chi connectivity index (χ4n) is 1.82. The molecule has 0 saturated carbocycles. The second-order valence-corrected chi connectivity index (χ2v) is 4.17. The Morgan fingerprint density at radius 1 is 1.47 bits per heavy atom. The molecule has 1 aromatic rings. The summed E-state index contributed by atoms with van der Waals surface area (Å²) in [6.07, 6.45) is 8.34. The molecule has 2 rings (SSSR count). The molecule has 0 amide bonds. The van der Waals surface area contributed by atoms with Gasteiger partial charge in [-0.3, -0.25) is 10.3 Å². The Kier molecular flexibility index (Phi) is 2.73. The lowest BCUT2D eigenvalue weighted by molar-refractivity contribution is 0.515. The minimum Gasteiger partial charge on any atom is -0.354 e. The quantitative estimate of drug-likeness (QED) is 0.795. The Morgan fingerprint density at radius 2 is 2.27 bits per heavy atom. The van der Waals surface area contributed by atoms with Crippen LogP contribution in [0.1, 0.15) is 19.4 Å². The van der Waals surface area contributed by atoms with Gasteiger partial charge in [-0.2, -0.15) is 0 Å². The molecule has 0 aliphatic carbocycles. The van der Waals surface area contributed by atoms with Crippen molar-refractivity contribution in [3.05, 3.63) is 30.1 Å². The standard InChI is InChI=1S/C12H17N3/c1-9(2)14-12-5-4-10-6-7-13-8-11(10)15(12)3/h4-9,12,14H,1-3H3. The van der Waals surface area contributed by atoms with Crippen molar-refractivity contribution >= 4 is 11.8 Å². The largest absolute Gasteiger partial charge is 0.354 e. The summed E-state index contributed by atoms with van der Waals surface area (Å²) >= 11 is 0. The zero-order valence-electron chi connectivity index (χ0n) is 9.44. The first-order chi connectivity index (χ1) is 7.18. The summed E-state index contributed by atoms with van der Waals surface area (Å²) < 4.78 is 0. The molecule has 3 nitrogen and oxygen atoms in total. The van der Waals surface area contributed by atoms with E-state index in [1.54, 1.807) is 0 Å². The highest BCUT2D eigenvalue weighted by molar-refractivity contribution is 5.70. The van der Waals surface area contributed by atoms with E-state index in [0.717, 1.165) is 0 Å². The van der Waals surface area contributed by atoms with Gasteiger partial charge in [0.15, 0.2) is 0 Å². The maximum Gasteiger partial charge on any atom is 0.0989 e. The number of rotatable bonds is 2. The Bertz CT molecular complexity index is 371. The maximum atomic E-state index is 4.16. The number of hydrogen-bond donors (Lipinski definition) is 1. The van der Waals surface area contributed by atoms with Gasteiger partial charge < -0.3 is 4.90 Å². The molecule has 0 saturated heterocycles. The van der Waals surface area contributed by atoms with Crippen molar-refractivity contribution in [3.8, 4) is 0 Å². The Hall–Kier alpha value is -1.35. The van der Waals surface area contributed by atoms with Crippen LogP contribution in [-0.2, 0) is 0 Å². The second kappa shape index (κ2) is 4.03. The molecule has 1 aliphatic rings. The van der Waals surface area contributed by atoms with Crippen LogP contribution in [-0.4, -0.2) is 24.2 Å². The number of likely N-dealkylation sites (N-methyl/N-ethyl adjacent to an activating group) is 1. The monoisotopic (exact) mass is 203 g/mol. The molecule has 1 N–H and O–H groups in total. The van der Waals surface area contributed by atoms with Gasteiger partial charge >= 0.3 is 0 Å². The lowest BCUT2D eigenvalue weighted by Gasteiger charge is -2.33. The molecule has 2 heterocycles. The van der Waals surface area contributed by atoms with Crippen molar-refractivity contribution in [2.75, 3.05) is 11.9 Å². The van der Waals surface area contributed by atoms with E-state index in [-0.39, 0.29) is 6.17 Å². The van der Waals surface area contributed by atoms with E-state index in [2.05, 4.69) is 48.2 Å². The van der Waals surface area contributed by atoms with Gasteiger partial charge in [0.2, 0.25) is 0 Å². The average Bonchev–Trinajstić information content (AvgIpc) is 2.22. The minimum atomic E-state index is 0.265. The molecule has 0 radical (unpaired) electrons. The third kappa shape index (κ3) is 2.02. The van der Waals surface area contributed by atoms with E-state index in [9.17, 15) is 0 Å². The summed E-state index contributed by atoms with van der Waals surface area (Å²) in [4.78, 5) is 6.37. The average molecular weight is 203 g/mol. The summed E-state index contributed by atoms with van der Waals surface area (Å²) in [5, 5.41) is 3.48. The van der Waals surface area contributed by atoms with E-state index in [4.69, 9.17) is 0 Å². The molecule has 3 heteroatoms. The normalized spacial score (nSPS) is 19.5. The number of anilines is 1. The van der Waals surface area contributed by atoms with Gasteiger partial charge in [0.1, 0.15) is 0 Å². The molecule has 80 valence electrons. The van der Waals surface area contributed by atoms with E-state index in [0.29, 0.717) is 6.04 Å². The van der Waals surface area contributed by atoms with Crippen LogP contribution in [0, 0.1) is 0 Å². The van der Waals surface area contributed by atoms with Crippen molar-refractivity contribution in [2.45, 2.75) is 26.1 Å². The lowest BCUT2D eigenvalue weighted by Crippen LogP contribution is -2.46. The van der Waals surface area contributed by atoms with Crippen LogP contribution in [0.15, 0.2) is 24.5 Å². The highest BCUT2D eigenvalue weighted by atomic mass is 15.3. The van der Waals surface area contributed by atoms with Crippen LogP contribution in [0.25, 0.3) is 6.08 Å². The van der Waals surface area contributed by atoms with Gasteiger partial charge in [0.25, 0.3) is 0 Å². The molecular weight excluding hydrogens is 186 g/mol. The predicted octanol–water partition coefficient (Wildman–Crippen LogP) is 1.87. The minimum absolute atomic E-state index is 0.265. The van der Waals surface area contributed by atoms with Crippen LogP contribution < -0.4 is 10.2 Å². The van der Waals surface area contributed by atoms with Crippen LogP contribution in [0.5, 0.6) is 0 Å². The van der Waals surface area contributed by atoms with E-state index < -0.39 is 0 Å². The fraction of sp³-hybridized carbons (Fsp3) is 0.417. The molecule has 0 bridgehead atoms. The fourth-order valence-corrected chi connectivity index (χ4v) is 1.82. The first kappa shape index (κ1) is 10.2. The van der Waals surface area contributed by atoms with Crippen LogP contribution in [0.2, 0.25) is 0 Å². The second-order valence-electron chi connectivity index (χ2n) is 4.17. The number of nitrogens with one attached hydrogen (secondary N) is 1. The van der Waals surface area contributed by atoms with E-state index in [1.807, 2.05) is 18.5 Å². The lowest BCUT2D eigenvalue weighted by atomic mass is 10.1. The molecule has 15 heavy (non-hydrogen) atoms. The summed E-state index contributed by atoms with van der Waals surface area (Å²) in [7, 11) is 2.09. The number of pyridine rings is 1. The zero-order valence-corrected chi connectivity index (χ0v) is 9.44. The van der Waals surface area contributed by atoms with E-state index in [1.165, 1.54) is 11.3 Å². The zero-order chi connectivity index (χ0) is 10.8. The van der Waals surface area contributed by atoms with Crippen molar-refractivity contribution in [1.29, 1.82) is 0 Å². The first-order valence-corrected chi connectivity index (χ1v) is 5.29.